The van der Waals surface area contributed by atoms with Crippen LogP contribution in [0.25, 0.3) is 11.0 Å². The van der Waals surface area contributed by atoms with Crippen LogP contribution in [-0.4, -0.2) is 9.55 Å². The molecule has 0 saturated heterocycles. The number of nitrogens with one attached hydrogen (secondary N) is 1. The fourth-order valence-electron chi connectivity index (χ4n) is 2.16. The van der Waals surface area contributed by atoms with Crippen LogP contribution in [0.4, 0.5) is 5.69 Å². The molecule has 0 amide bonds. The second-order valence-electron chi connectivity index (χ2n) is 4.88. The van der Waals surface area contributed by atoms with Crippen LogP contribution in [-0.2, 0) is 6.54 Å². The second kappa shape index (κ2) is 6.01. The number of benzene rings is 1. The van der Waals surface area contributed by atoms with E-state index in [-0.39, 0.29) is 12.4 Å². The molecule has 2 aromatic heterocycles. The monoisotopic (exact) mass is 290 g/mol. The van der Waals surface area contributed by atoms with Crippen LogP contribution in [0, 0.1) is 0 Å². The molecule has 5 heteroatoms. The molecule has 0 spiro atoms. The Balaban J connectivity index is 0.00000147. The number of hydrogen-bond acceptors (Lipinski definition) is 3. The normalized spacial score (nSPS) is 10.8. The quantitative estimate of drug-likeness (QED) is 0.774. The van der Waals surface area contributed by atoms with Gasteiger partial charge in [0.15, 0.2) is 0 Å². The standard InChI is InChI=1S/C15H17N3O.ClH/c1-11(2)18-10-17-14-8-12(5-6-15(14)18)16-9-13-4-3-7-19-13;/h3-8,10-11,16H,9H2,1-2H3;1H/p-1. The van der Waals surface area contributed by atoms with E-state index in [1.165, 1.54) is 5.52 Å². The van der Waals surface area contributed by atoms with Gasteiger partial charge in [0, 0.05) is 11.7 Å². The Kier molecular flexibility index (Phi) is 4.35. The molecular weight excluding hydrogens is 274 g/mol. The summed E-state index contributed by atoms with van der Waals surface area (Å²) in [6.45, 7) is 5.00. The van der Waals surface area contributed by atoms with E-state index in [2.05, 4.69) is 46.9 Å². The number of anilines is 1. The van der Waals surface area contributed by atoms with Gasteiger partial charge in [-0.25, -0.2) is 4.98 Å². The molecule has 1 aromatic carbocycles. The number of hydrogen-bond donors (Lipinski definition) is 1. The maximum atomic E-state index is 5.30. The van der Waals surface area contributed by atoms with Crippen molar-refractivity contribution >= 4 is 16.7 Å². The van der Waals surface area contributed by atoms with E-state index in [0.29, 0.717) is 12.6 Å². The highest BCUT2D eigenvalue weighted by Crippen LogP contribution is 2.21. The third-order valence-electron chi connectivity index (χ3n) is 3.18. The molecule has 3 rings (SSSR count). The Bertz CT molecular complexity index is 674. The summed E-state index contributed by atoms with van der Waals surface area (Å²) in [5, 5.41) is 3.33. The minimum atomic E-state index is 0. The number of nitrogens with zero attached hydrogens (tertiary/aromatic N) is 2. The Morgan fingerprint density at radius 3 is 2.85 bits per heavy atom. The summed E-state index contributed by atoms with van der Waals surface area (Å²) in [5.41, 5.74) is 3.23. The highest BCUT2D eigenvalue weighted by atomic mass is 35.5. The molecule has 0 unspecified atom stereocenters. The molecule has 3 aromatic rings. The molecule has 0 radical (unpaired) electrons. The van der Waals surface area contributed by atoms with Gasteiger partial charge in [0.2, 0.25) is 0 Å². The molecule has 20 heavy (non-hydrogen) atoms. The Hall–Kier alpha value is -1.94. The van der Waals surface area contributed by atoms with Crippen molar-refractivity contribution in [2.45, 2.75) is 26.4 Å². The molecule has 0 aliphatic rings. The predicted molar refractivity (Wildman–Crippen MR) is 76.2 cm³/mol. The molecular formula is C15H17ClN3O-. The van der Waals surface area contributed by atoms with Crippen LogP contribution < -0.4 is 17.7 Å². The van der Waals surface area contributed by atoms with Crippen molar-refractivity contribution in [1.82, 2.24) is 9.55 Å². The van der Waals surface area contributed by atoms with Crippen LogP contribution in [0.2, 0.25) is 0 Å². The maximum Gasteiger partial charge on any atom is 0.122 e. The zero-order chi connectivity index (χ0) is 13.2. The first kappa shape index (κ1) is 14.5. The summed E-state index contributed by atoms with van der Waals surface area (Å²) in [6.07, 6.45) is 3.58. The highest BCUT2D eigenvalue weighted by molar-refractivity contribution is 5.79. The maximum absolute atomic E-state index is 5.30. The summed E-state index contributed by atoms with van der Waals surface area (Å²) >= 11 is 0. The first-order chi connectivity index (χ1) is 9.24. The number of imidazole rings is 1. The van der Waals surface area contributed by atoms with Gasteiger partial charge in [-0.2, -0.15) is 0 Å². The zero-order valence-electron chi connectivity index (χ0n) is 11.5. The van der Waals surface area contributed by atoms with Gasteiger partial charge in [0.05, 0.1) is 30.2 Å². The van der Waals surface area contributed by atoms with Gasteiger partial charge >= 0.3 is 0 Å². The molecule has 0 bridgehead atoms. The number of halogens is 1. The van der Waals surface area contributed by atoms with Gasteiger partial charge in [-0.3, -0.25) is 0 Å². The molecule has 0 saturated carbocycles. The van der Waals surface area contributed by atoms with E-state index in [4.69, 9.17) is 4.42 Å². The third-order valence-corrected chi connectivity index (χ3v) is 3.18. The third kappa shape index (κ3) is 2.80. The summed E-state index contributed by atoms with van der Waals surface area (Å²) in [5.74, 6) is 0.924. The first-order valence-corrected chi connectivity index (χ1v) is 6.47. The molecule has 0 aliphatic carbocycles. The van der Waals surface area contributed by atoms with Crippen LogP contribution in [0.3, 0.4) is 0 Å². The van der Waals surface area contributed by atoms with Crippen LogP contribution in [0.15, 0.2) is 47.3 Å². The lowest BCUT2D eigenvalue weighted by atomic mass is 10.2. The first-order valence-electron chi connectivity index (χ1n) is 6.47. The predicted octanol–water partition coefficient (Wildman–Crippen LogP) is 0.826. The van der Waals surface area contributed by atoms with Crippen molar-refractivity contribution < 1.29 is 16.8 Å². The van der Waals surface area contributed by atoms with Gasteiger partial charge < -0.3 is 26.7 Å². The Labute approximate surface area is 124 Å². The van der Waals surface area contributed by atoms with Crippen LogP contribution >= 0.6 is 0 Å². The van der Waals surface area contributed by atoms with E-state index < -0.39 is 0 Å². The van der Waals surface area contributed by atoms with Gasteiger partial charge in [-0.05, 0) is 44.2 Å². The number of rotatable bonds is 4. The smallest absolute Gasteiger partial charge is 0.122 e. The summed E-state index contributed by atoms with van der Waals surface area (Å²) in [7, 11) is 0. The van der Waals surface area contributed by atoms with E-state index in [9.17, 15) is 0 Å². The van der Waals surface area contributed by atoms with Gasteiger partial charge in [0.25, 0.3) is 0 Å². The average molecular weight is 291 g/mol. The van der Waals surface area contributed by atoms with Crippen molar-refractivity contribution in [2.24, 2.45) is 0 Å². The van der Waals surface area contributed by atoms with Crippen molar-refractivity contribution in [3.63, 3.8) is 0 Å². The van der Waals surface area contributed by atoms with E-state index in [0.717, 1.165) is 17.0 Å². The van der Waals surface area contributed by atoms with E-state index >= 15 is 0 Å². The Morgan fingerprint density at radius 1 is 1.30 bits per heavy atom. The lowest BCUT2D eigenvalue weighted by Crippen LogP contribution is -3.00. The topological polar surface area (TPSA) is 43.0 Å². The van der Waals surface area contributed by atoms with Crippen molar-refractivity contribution in [3.05, 3.63) is 48.7 Å². The number of furan rings is 1. The van der Waals surface area contributed by atoms with Gasteiger partial charge in [0.1, 0.15) is 5.76 Å². The molecule has 2 heterocycles. The fourth-order valence-corrected chi connectivity index (χ4v) is 2.16. The molecule has 106 valence electrons. The number of fused-ring (bicyclic) bond motifs is 1. The molecule has 0 fully saturated rings. The summed E-state index contributed by atoms with van der Waals surface area (Å²) < 4.78 is 7.47. The van der Waals surface area contributed by atoms with Crippen LogP contribution in [0.1, 0.15) is 25.6 Å². The van der Waals surface area contributed by atoms with Gasteiger partial charge in [-0.1, -0.05) is 0 Å². The second-order valence-corrected chi connectivity index (χ2v) is 4.88. The molecule has 0 atom stereocenters. The lowest BCUT2D eigenvalue weighted by Gasteiger charge is -2.08. The van der Waals surface area contributed by atoms with E-state index in [1.54, 1.807) is 6.26 Å². The van der Waals surface area contributed by atoms with Crippen molar-refractivity contribution in [3.8, 4) is 0 Å². The van der Waals surface area contributed by atoms with Crippen molar-refractivity contribution in [2.75, 3.05) is 5.32 Å². The Morgan fingerprint density at radius 2 is 2.15 bits per heavy atom. The lowest BCUT2D eigenvalue weighted by molar-refractivity contribution is -0.00000462. The molecule has 4 nitrogen and oxygen atoms in total. The fraction of sp³-hybridized carbons (Fsp3) is 0.267. The highest BCUT2D eigenvalue weighted by Gasteiger charge is 2.06. The number of aromatic nitrogens is 2. The minimum Gasteiger partial charge on any atom is -1.00 e. The summed E-state index contributed by atoms with van der Waals surface area (Å²) in [6, 6.07) is 10.5. The largest absolute Gasteiger partial charge is 1.00 e. The summed E-state index contributed by atoms with van der Waals surface area (Å²) in [4.78, 5) is 4.45. The van der Waals surface area contributed by atoms with Crippen LogP contribution in [0.5, 0.6) is 0 Å². The van der Waals surface area contributed by atoms with Crippen molar-refractivity contribution in [1.29, 1.82) is 0 Å². The zero-order valence-corrected chi connectivity index (χ0v) is 12.3. The average Bonchev–Trinajstić information content (AvgIpc) is 3.05. The SMILES string of the molecule is CC(C)n1cnc2cc(NCc3ccco3)ccc21.[Cl-]. The van der Waals surface area contributed by atoms with Gasteiger partial charge in [-0.15, -0.1) is 0 Å². The molecule has 1 N–H and O–H groups in total. The minimum absolute atomic E-state index is 0. The molecule has 0 aliphatic heterocycles. The van der Waals surface area contributed by atoms with E-state index in [1.807, 2.05) is 18.5 Å².